The van der Waals surface area contributed by atoms with E-state index in [9.17, 15) is 4.79 Å². The number of hydrogen-bond donors (Lipinski definition) is 0. The van der Waals surface area contributed by atoms with E-state index in [1.165, 1.54) is 0 Å². The molecule has 0 N–H and O–H groups in total. The van der Waals surface area contributed by atoms with E-state index in [4.69, 9.17) is 0 Å². The summed E-state index contributed by atoms with van der Waals surface area (Å²) >= 11 is 0. The van der Waals surface area contributed by atoms with Crippen LogP contribution in [-0.2, 0) is 4.79 Å². The average Bonchev–Trinajstić information content (AvgIpc) is 2.93. The fourth-order valence-electron chi connectivity index (χ4n) is 2.22. The van der Waals surface area contributed by atoms with Gasteiger partial charge in [0.25, 0.3) is 0 Å². The maximum absolute atomic E-state index is 12.0. The Kier molecular flexibility index (Phi) is 1.46. The molecule has 0 aliphatic heterocycles. The standard InChI is InChI=1S/C13H12O/c14-12-11(6-7-13(12)8-9-13)10-4-2-1-3-5-10/h1-6H,7-9H2. The zero-order valence-corrected chi connectivity index (χ0v) is 7.99. The second-order valence-corrected chi connectivity index (χ2v) is 4.30. The van der Waals surface area contributed by atoms with Crippen LogP contribution in [0.3, 0.4) is 0 Å². The van der Waals surface area contributed by atoms with Gasteiger partial charge in [-0.3, -0.25) is 4.79 Å². The molecule has 0 bridgehead atoms. The van der Waals surface area contributed by atoms with Crippen molar-refractivity contribution in [2.45, 2.75) is 19.3 Å². The van der Waals surface area contributed by atoms with E-state index >= 15 is 0 Å². The topological polar surface area (TPSA) is 17.1 Å². The van der Waals surface area contributed by atoms with Gasteiger partial charge in [-0.25, -0.2) is 0 Å². The van der Waals surface area contributed by atoms with Gasteiger partial charge in [-0.2, -0.15) is 0 Å². The zero-order valence-electron chi connectivity index (χ0n) is 7.99. The van der Waals surface area contributed by atoms with Gasteiger partial charge in [0.15, 0.2) is 5.78 Å². The third-order valence-corrected chi connectivity index (χ3v) is 3.36. The molecule has 2 aliphatic carbocycles. The Morgan fingerprint density at radius 3 is 2.36 bits per heavy atom. The van der Waals surface area contributed by atoms with Crippen molar-refractivity contribution in [1.29, 1.82) is 0 Å². The number of Topliss-reactive ketones (excluding diaryl/α,β-unsaturated/α-hetero) is 1. The van der Waals surface area contributed by atoms with Crippen LogP contribution in [0.5, 0.6) is 0 Å². The van der Waals surface area contributed by atoms with Crippen LogP contribution in [0, 0.1) is 5.41 Å². The van der Waals surface area contributed by atoms with Crippen molar-refractivity contribution in [2.75, 3.05) is 0 Å². The highest BCUT2D eigenvalue weighted by Crippen LogP contribution is 2.56. The molecule has 1 fully saturated rings. The summed E-state index contributed by atoms with van der Waals surface area (Å²) < 4.78 is 0. The van der Waals surface area contributed by atoms with Crippen LogP contribution in [0.4, 0.5) is 0 Å². The number of hydrogen-bond acceptors (Lipinski definition) is 1. The summed E-state index contributed by atoms with van der Waals surface area (Å²) in [6.07, 6.45) is 5.28. The maximum atomic E-state index is 12.0. The molecule has 0 amide bonds. The lowest BCUT2D eigenvalue weighted by Gasteiger charge is -2.05. The van der Waals surface area contributed by atoms with Crippen molar-refractivity contribution in [3.8, 4) is 0 Å². The molecule has 70 valence electrons. The first-order valence-corrected chi connectivity index (χ1v) is 5.12. The minimum atomic E-state index is 0.0468. The summed E-state index contributed by atoms with van der Waals surface area (Å²) in [5.74, 6) is 0.378. The van der Waals surface area contributed by atoms with E-state index < -0.39 is 0 Å². The smallest absolute Gasteiger partial charge is 0.169 e. The number of rotatable bonds is 1. The number of carbonyl (C=O) groups is 1. The quantitative estimate of drug-likeness (QED) is 0.656. The van der Waals surface area contributed by atoms with Crippen molar-refractivity contribution >= 4 is 11.4 Å². The van der Waals surface area contributed by atoms with E-state index in [1.54, 1.807) is 0 Å². The van der Waals surface area contributed by atoms with Gasteiger partial charge in [-0.15, -0.1) is 0 Å². The van der Waals surface area contributed by atoms with E-state index in [0.29, 0.717) is 5.78 Å². The van der Waals surface area contributed by atoms with Crippen LogP contribution in [0.2, 0.25) is 0 Å². The summed E-state index contributed by atoms with van der Waals surface area (Å²) in [4.78, 5) is 12.0. The predicted molar refractivity (Wildman–Crippen MR) is 55.7 cm³/mol. The first kappa shape index (κ1) is 7.98. The highest BCUT2D eigenvalue weighted by atomic mass is 16.1. The number of allylic oxidation sites excluding steroid dienone is 2. The molecule has 0 unspecified atom stereocenters. The second-order valence-electron chi connectivity index (χ2n) is 4.30. The average molecular weight is 184 g/mol. The lowest BCUT2D eigenvalue weighted by molar-refractivity contribution is -0.117. The molecule has 2 aliphatic rings. The largest absolute Gasteiger partial charge is 0.294 e. The van der Waals surface area contributed by atoms with Crippen molar-refractivity contribution < 1.29 is 4.79 Å². The molecular weight excluding hydrogens is 172 g/mol. The third kappa shape index (κ3) is 0.985. The monoisotopic (exact) mass is 184 g/mol. The Bertz CT molecular complexity index is 410. The summed E-state index contributed by atoms with van der Waals surface area (Å²) in [5.41, 5.74) is 2.08. The molecule has 0 saturated heterocycles. The Morgan fingerprint density at radius 2 is 1.79 bits per heavy atom. The summed E-state index contributed by atoms with van der Waals surface area (Å²) in [7, 11) is 0. The van der Waals surface area contributed by atoms with E-state index in [0.717, 1.165) is 30.4 Å². The molecule has 0 heterocycles. The van der Waals surface area contributed by atoms with Gasteiger partial charge in [-0.05, 0) is 24.8 Å². The predicted octanol–water partition coefficient (Wildman–Crippen LogP) is 2.82. The molecule has 1 aromatic rings. The Balaban J connectivity index is 1.98. The molecule has 1 nitrogen and oxygen atoms in total. The van der Waals surface area contributed by atoms with Gasteiger partial charge >= 0.3 is 0 Å². The van der Waals surface area contributed by atoms with Crippen molar-refractivity contribution in [2.24, 2.45) is 5.41 Å². The molecule has 1 heteroatoms. The van der Waals surface area contributed by atoms with Gasteiger partial charge in [0.05, 0.1) is 0 Å². The zero-order chi connectivity index (χ0) is 9.60. The van der Waals surface area contributed by atoms with Gasteiger partial charge in [0, 0.05) is 11.0 Å². The van der Waals surface area contributed by atoms with Crippen LogP contribution in [0.25, 0.3) is 5.57 Å². The van der Waals surface area contributed by atoms with E-state index in [2.05, 4.69) is 6.08 Å². The van der Waals surface area contributed by atoms with E-state index in [1.807, 2.05) is 30.3 Å². The first-order chi connectivity index (χ1) is 6.82. The molecule has 1 spiro atoms. The minimum Gasteiger partial charge on any atom is -0.294 e. The summed E-state index contributed by atoms with van der Waals surface area (Å²) in [5, 5.41) is 0. The van der Waals surface area contributed by atoms with Crippen molar-refractivity contribution in [3.63, 3.8) is 0 Å². The van der Waals surface area contributed by atoms with Crippen molar-refractivity contribution in [3.05, 3.63) is 42.0 Å². The van der Waals surface area contributed by atoms with Crippen molar-refractivity contribution in [1.82, 2.24) is 0 Å². The molecule has 1 aromatic carbocycles. The fourth-order valence-corrected chi connectivity index (χ4v) is 2.22. The first-order valence-electron chi connectivity index (χ1n) is 5.12. The minimum absolute atomic E-state index is 0.0468. The second kappa shape index (κ2) is 2.57. The van der Waals surface area contributed by atoms with Gasteiger partial charge in [0.2, 0.25) is 0 Å². The van der Waals surface area contributed by atoms with Gasteiger partial charge in [0.1, 0.15) is 0 Å². The lowest BCUT2D eigenvalue weighted by Crippen LogP contribution is -2.09. The SMILES string of the molecule is O=C1C(c2ccccc2)=CCC12CC2. The highest BCUT2D eigenvalue weighted by molar-refractivity contribution is 6.26. The Hall–Kier alpha value is -1.37. The number of benzene rings is 1. The van der Waals surface area contributed by atoms with Gasteiger partial charge in [-0.1, -0.05) is 36.4 Å². The Labute approximate surface area is 83.4 Å². The fraction of sp³-hybridized carbons (Fsp3) is 0.308. The van der Waals surface area contributed by atoms with E-state index in [-0.39, 0.29) is 5.41 Å². The van der Waals surface area contributed by atoms with Crippen LogP contribution < -0.4 is 0 Å². The van der Waals surface area contributed by atoms with Crippen LogP contribution in [0.1, 0.15) is 24.8 Å². The highest BCUT2D eigenvalue weighted by Gasteiger charge is 2.52. The summed E-state index contributed by atoms with van der Waals surface area (Å²) in [6.45, 7) is 0. The number of ketones is 1. The molecule has 0 radical (unpaired) electrons. The van der Waals surface area contributed by atoms with Gasteiger partial charge < -0.3 is 0 Å². The molecule has 14 heavy (non-hydrogen) atoms. The molecular formula is C13H12O. The molecule has 3 rings (SSSR count). The van der Waals surface area contributed by atoms with Crippen LogP contribution in [-0.4, -0.2) is 5.78 Å². The van der Waals surface area contributed by atoms with Crippen LogP contribution >= 0.6 is 0 Å². The molecule has 0 aromatic heterocycles. The maximum Gasteiger partial charge on any atom is 0.169 e. The molecule has 0 atom stereocenters. The third-order valence-electron chi connectivity index (χ3n) is 3.36. The number of carbonyl (C=O) groups excluding carboxylic acids is 1. The normalized spacial score (nSPS) is 22.6. The summed E-state index contributed by atoms with van der Waals surface area (Å²) in [6, 6.07) is 10.00. The lowest BCUT2D eigenvalue weighted by atomic mass is 9.97. The molecule has 1 saturated carbocycles. The van der Waals surface area contributed by atoms with Crippen LogP contribution in [0.15, 0.2) is 36.4 Å². The Morgan fingerprint density at radius 1 is 1.07 bits per heavy atom.